The van der Waals surface area contributed by atoms with Gasteiger partial charge in [-0.05, 0) is 48.0 Å². The monoisotopic (exact) mass is 421 g/mol. The zero-order chi connectivity index (χ0) is 20.9. The van der Waals surface area contributed by atoms with Gasteiger partial charge in [-0.15, -0.1) is 0 Å². The van der Waals surface area contributed by atoms with Crippen molar-refractivity contribution in [2.75, 3.05) is 7.11 Å². The molecular weight excluding hydrogens is 402 g/mol. The number of hydrogen-bond acceptors (Lipinski definition) is 4. The largest absolute Gasteiger partial charge is 0.493 e. The van der Waals surface area contributed by atoms with Crippen LogP contribution in [0.5, 0.6) is 11.5 Å². The van der Waals surface area contributed by atoms with E-state index in [1.807, 2.05) is 48.5 Å². The SMILES string of the molecule is COc1cc(C(=O)NCc2nc3ccccc3[nH]2)ccc1OCc1ccc(Cl)cc1. The zero-order valence-corrected chi connectivity index (χ0v) is 17.1. The van der Waals surface area contributed by atoms with E-state index in [9.17, 15) is 4.79 Å². The van der Waals surface area contributed by atoms with Gasteiger partial charge in [-0.25, -0.2) is 4.98 Å². The third-order valence-corrected chi connectivity index (χ3v) is 4.84. The number of ether oxygens (including phenoxy) is 2. The summed E-state index contributed by atoms with van der Waals surface area (Å²) in [5.41, 5.74) is 3.26. The molecule has 0 bridgehead atoms. The van der Waals surface area contributed by atoms with Crippen LogP contribution in [0.25, 0.3) is 11.0 Å². The van der Waals surface area contributed by atoms with Crippen molar-refractivity contribution in [2.45, 2.75) is 13.2 Å². The van der Waals surface area contributed by atoms with Crippen LogP contribution in [0.1, 0.15) is 21.7 Å². The maximum atomic E-state index is 12.6. The number of nitrogens with one attached hydrogen (secondary N) is 2. The lowest BCUT2D eigenvalue weighted by atomic mass is 10.2. The Morgan fingerprint density at radius 2 is 1.87 bits per heavy atom. The molecule has 4 aromatic rings. The average Bonchev–Trinajstić information content (AvgIpc) is 3.20. The summed E-state index contributed by atoms with van der Waals surface area (Å²) in [7, 11) is 1.54. The van der Waals surface area contributed by atoms with E-state index in [1.54, 1.807) is 25.3 Å². The van der Waals surface area contributed by atoms with E-state index in [-0.39, 0.29) is 5.91 Å². The molecule has 0 unspecified atom stereocenters. The first-order chi connectivity index (χ1) is 14.6. The van der Waals surface area contributed by atoms with Crippen LogP contribution in [0.4, 0.5) is 0 Å². The van der Waals surface area contributed by atoms with Crippen LogP contribution in [0.2, 0.25) is 5.02 Å². The predicted octanol–water partition coefficient (Wildman–Crippen LogP) is 4.73. The molecule has 2 N–H and O–H groups in total. The number of nitrogens with zero attached hydrogens (tertiary/aromatic N) is 1. The number of rotatable bonds is 7. The summed E-state index contributed by atoms with van der Waals surface area (Å²) >= 11 is 5.90. The summed E-state index contributed by atoms with van der Waals surface area (Å²) in [5.74, 6) is 1.51. The van der Waals surface area contributed by atoms with Gasteiger partial charge in [-0.1, -0.05) is 35.9 Å². The number of imidazole rings is 1. The average molecular weight is 422 g/mol. The van der Waals surface area contributed by atoms with Crippen molar-refractivity contribution in [2.24, 2.45) is 0 Å². The third kappa shape index (κ3) is 4.55. The molecule has 0 saturated heterocycles. The Morgan fingerprint density at radius 3 is 2.63 bits per heavy atom. The zero-order valence-electron chi connectivity index (χ0n) is 16.3. The number of aromatic amines is 1. The Labute approximate surface area is 178 Å². The molecule has 1 heterocycles. The molecule has 6 nitrogen and oxygen atoms in total. The van der Waals surface area contributed by atoms with Crippen molar-refractivity contribution in [3.63, 3.8) is 0 Å². The highest BCUT2D eigenvalue weighted by Crippen LogP contribution is 2.29. The van der Waals surface area contributed by atoms with Gasteiger partial charge in [0.15, 0.2) is 11.5 Å². The van der Waals surface area contributed by atoms with Crippen LogP contribution in [-0.4, -0.2) is 23.0 Å². The molecule has 0 aliphatic carbocycles. The molecule has 152 valence electrons. The van der Waals surface area contributed by atoms with E-state index in [0.29, 0.717) is 41.1 Å². The number of carbonyl (C=O) groups is 1. The lowest BCUT2D eigenvalue weighted by molar-refractivity contribution is 0.0949. The molecule has 0 fully saturated rings. The minimum atomic E-state index is -0.224. The van der Waals surface area contributed by atoms with E-state index in [1.165, 1.54) is 0 Å². The topological polar surface area (TPSA) is 76.2 Å². The number of carbonyl (C=O) groups excluding carboxylic acids is 1. The van der Waals surface area contributed by atoms with Crippen LogP contribution < -0.4 is 14.8 Å². The van der Waals surface area contributed by atoms with Gasteiger partial charge in [0.2, 0.25) is 0 Å². The molecule has 0 atom stereocenters. The van der Waals surface area contributed by atoms with E-state index >= 15 is 0 Å². The van der Waals surface area contributed by atoms with Crippen LogP contribution in [0.15, 0.2) is 66.7 Å². The fourth-order valence-corrected chi connectivity index (χ4v) is 3.15. The van der Waals surface area contributed by atoms with Crippen molar-refractivity contribution in [1.29, 1.82) is 0 Å². The summed E-state index contributed by atoms with van der Waals surface area (Å²) < 4.78 is 11.2. The summed E-state index contributed by atoms with van der Waals surface area (Å²) in [6, 6.07) is 20.2. The maximum Gasteiger partial charge on any atom is 0.251 e. The van der Waals surface area contributed by atoms with Crippen LogP contribution >= 0.6 is 11.6 Å². The van der Waals surface area contributed by atoms with Gasteiger partial charge in [0.05, 0.1) is 24.7 Å². The molecule has 1 amide bonds. The van der Waals surface area contributed by atoms with E-state index < -0.39 is 0 Å². The molecule has 1 aromatic heterocycles. The number of methoxy groups -OCH3 is 1. The molecule has 30 heavy (non-hydrogen) atoms. The molecule has 0 aliphatic rings. The van der Waals surface area contributed by atoms with E-state index in [2.05, 4.69) is 15.3 Å². The second kappa shape index (κ2) is 8.88. The first kappa shape index (κ1) is 19.8. The number of hydrogen-bond donors (Lipinski definition) is 2. The van der Waals surface area contributed by atoms with Gasteiger partial charge >= 0.3 is 0 Å². The number of halogens is 1. The van der Waals surface area contributed by atoms with Crippen LogP contribution in [-0.2, 0) is 13.2 Å². The second-order valence-electron chi connectivity index (χ2n) is 6.66. The minimum Gasteiger partial charge on any atom is -0.493 e. The Kier molecular flexibility index (Phi) is 5.86. The predicted molar refractivity (Wildman–Crippen MR) is 116 cm³/mol. The highest BCUT2D eigenvalue weighted by molar-refractivity contribution is 6.30. The van der Waals surface area contributed by atoms with Gasteiger partial charge in [0, 0.05) is 10.6 Å². The molecule has 0 aliphatic heterocycles. The lowest BCUT2D eigenvalue weighted by Gasteiger charge is -2.12. The van der Waals surface area contributed by atoms with Crippen LogP contribution in [0, 0.1) is 0 Å². The van der Waals surface area contributed by atoms with Crippen LogP contribution in [0.3, 0.4) is 0 Å². The number of aromatic nitrogens is 2. The molecule has 0 radical (unpaired) electrons. The fourth-order valence-electron chi connectivity index (χ4n) is 3.03. The normalized spacial score (nSPS) is 10.7. The number of H-pyrrole nitrogens is 1. The summed E-state index contributed by atoms with van der Waals surface area (Å²) in [6.07, 6.45) is 0. The van der Waals surface area contributed by atoms with Crippen molar-refractivity contribution >= 4 is 28.5 Å². The molecular formula is C23H20ClN3O3. The summed E-state index contributed by atoms with van der Waals surface area (Å²) in [4.78, 5) is 20.2. The highest BCUT2D eigenvalue weighted by Gasteiger charge is 2.12. The Balaban J connectivity index is 1.40. The lowest BCUT2D eigenvalue weighted by Crippen LogP contribution is -2.23. The summed E-state index contributed by atoms with van der Waals surface area (Å²) in [5, 5.41) is 3.54. The Morgan fingerprint density at radius 1 is 1.07 bits per heavy atom. The maximum absolute atomic E-state index is 12.6. The van der Waals surface area contributed by atoms with Crippen molar-refractivity contribution in [1.82, 2.24) is 15.3 Å². The van der Waals surface area contributed by atoms with E-state index in [0.717, 1.165) is 16.6 Å². The van der Waals surface area contributed by atoms with Gasteiger partial charge in [-0.3, -0.25) is 4.79 Å². The van der Waals surface area contributed by atoms with E-state index in [4.69, 9.17) is 21.1 Å². The quantitative estimate of drug-likeness (QED) is 0.452. The minimum absolute atomic E-state index is 0.224. The molecule has 3 aromatic carbocycles. The summed E-state index contributed by atoms with van der Waals surface area (Å²) in [6.45, 7) is 0.662. The van der Waals surface area contributed by atoms with Crippen molar-refractivity contribution < 1.29 is 14.3 Å². The van der Waals surface area contributed by atoms with Gasteiger partial charge in [0.1, 0.15) is 12.4 Å². The van der Waals surface area contributed by atoms with Gasteiger partial charge in [0.25, 0.3) is 5.91 Å². The highest BCUT2D eigenvalue weighted by atomic mass is 35.5. The molecule has 4 rings (SSSR count). The number of benzene rings is 3. The van der Waals surface area contributed by atoms with Crippen molar-refractivity contribution in [3.05, 3.63) is 88.7 Å². The molecule has 0 spiro atoms. The Hall–Kier alpha value is -3.51. The first-order valence-electron chi connectivity index (χ1n) is 9.39. The number of amides is 1. The Bertz CT molecular complexity index is 1140. The van der Waals surface area contributed by atoms with Gasteiger partial charge in [-0.2, -0.15) is 0 Å². The standard InChI is InChI=1S/C23H20ClN3O3/c1-29-21-12-16(8-11-20(21)30-14-15-6-9-17(24)10-7-15)23(28)25-13-22-26-18-4-2-3-5-19(18)27-22/h2-12H,13-14H2,1H3,(H,25,28)(H,26,27). The van der Waals surface area contributed by atoms with Gasteiger partial charge < -0.3 is 19.8 Å². The number of fused-ring (bicyclic) bond motifs is 1. The fraction of sp³-hybridized carbons (Fsp3) is 0.130. The smallest absolute Gasteiger partial charge is 0.251 e. The number of para-hydroxylation sites is 2. The molecule has 0 saturated carbocycles. The van der Waals surface area contributed by atoms with Crippen molar-refractivity contribution in [3.8, 4) is 11.5 Å². The molecule has 7 heteroatoms. The third-order valence-electron chi connectivity index (χ3n) is 4.59. The second-order valence-corrected chi connectivity index (χ2v) is 7.10. The first-order valence-corrected chi connectivity index (χ1v) is 9.77.